The van der Waals surface area contributed by atoms with Gasteiger partial charge in [0.05, 0.1) is 0 Å². The molecule has 8 heteroatoms. The van der Waals surface area contributed by atoms with Crippen molar-refractivity contribution < 1.29 is 4.79 Å². The van der Waals surface area contributed by atoms with Crippen molar-refractivity contribution in [1.82, 2.24) is 15.2 Å². The minimum absolute atomic E-state index is 0.345. The largest absolute Gasteiger partial charge is 0.325 e. The Balaban J connectivity index is 1.45. The molecule has 0 atom stereocenters. The number of urea groups is 1. The maximum absolute atomic E-state index is 12.1. The van der Waals surface area contributed by atoms with Gasteiger partial charge in [-0.1, -0.05) is 11.3 Å². The maximum Gasteiger partial charge on any atom is 0.325 e. The van der Waals surface area contributed by atoms with Crippen molar-refractivity contribution in [2.75, 3.05) is 10.6 Å². The number of aromatic nitrogens is 3. The number of carbonyl (C=O) groups is 1. The third kappa shape index (κ3) is 3.10. The lowest BCUT2D eigenvalue weighted by atomic mass is 10.2. The average Bonchev–Trinajstić information content (AvgIpc) is 3.24. The molecular weight excluding hydrogens is 342 g/mol. The number of anilines is 2. The van der Waals surface area contributed by atoms with E-state index in [0.29, 0.717) is 5.13 Å². The van der Waals surface area contributed by atoms with Gasteiger partial charge in [-0.05, 0) is 47.2 Å². The Hall–Kier alpha value is -2.84. The van der Waals surface area contributed by atoms with Crippen molar-refractivity contribution in [3.8, 4) is 10.6 Å². The van der Waals surface area contributed by atoms with E-state index in [9.17, 15) is 4.79 Å². The molecule has 118 valence electrons. The van der Waals surface area contributed by atoms with Crippen molar-refractivity contribution in [2.45, 2.75) is 0 Å². The Morgan fingerprint density at radius 1 is 1.00 bits per heavy atom. The van der Waals surface area contributed by atoms with Crippen molar-refractivity contribution in [1.29, 1.82) is 0 Å². The first kappa shape index (κ1) is 14.7. The van der Waals surface area contributed by atoms with Gasteiger partial charge >= 0.3 is 6.03 Å². The molecule has 1 aromatic carbocycles. The maximum atomic E-state index is 12.1. The number of thiophene rings is 1. The van der Waals surface area contributed by atoms with Gasteiger partial charge in [0.15, 0.2) is 0 Å². The predicted octanol–water partition coefficient (Wildman–Crippen LogP) is 4.46. The van der Waals surface area contributed by atoms with Gasteiger partial charge < -0.3 is 5.32 Å². The van der Waals surface area contributed by atoms with Crippen LogP contribution in [-0.2, 0) is 0 Å². The van der Waals surface area contributed by atoms with Crippen LogP contribution in [0.25, 0.3) is 20.7 Å². The van der Waals surface area contributed by atoms with Crippen LogP contribution in [0.2, 0.25) is 0 Å². The molecule has 2 amide bonds. The Morgan fingerprint density at radius 3 is 2.75 bits per heavy atom. The zero-order valence-electron chi connectivity index (χ0n) is 12.3. The van der Waals surface area contributed by atoms with Crippen LogP contribution in [0.1, 0.15) is 0 Å². The summed E-state index contributed by atoms with van der Waals surface area (Å²) in [6.45, 7) is 0. The lowest BCUT2D eigenvalue weighted by molar-refractivity contribution is 0.262. The van der Waals surface area contributed by atoms with E-state index in [0.717, 1.165) is 21.6 Å². The number of fused-ring (bicyclic) bond motifs is 1. The Bertz CT molecular complexity index is 996. The molecule has 4 aromatic rings. The summed E-state index contributed by atoms with van der Waals surface area (Å²) in [6.07, 6.45) is 3.38. The summed E-state index contributed by atoms with van der Waals surface area (Å²) < 4.78 is 1.19. The van der Waals surface area contributed by atoms with E-state index in [2.05, 4.69) is 25.8 Å². The molecule has 2 N–H and O–H groups in total. The second-order valence-electron chi connectivity index (χ2n) is 4.90. The lowest BCUT2D eigenvalue weighted by Gasteiger charge is -2.05. The van der Waals surface area contributed by atoms with E-state index >= 15 is 0 Å². The molecule has 0 fully saturated rings. The van der Waals surface area contributed by atoms with Crippen molar-refractivity contribution in [2.24, 2.45) is 0 Å². The molecule has 0 aliphatic heterocycles. The molecule has 0 spiro atoms. The van der Waals surface area contributed by atoms with E-state index in [1.54, 1.807) is 23.7 Å². The Morgan fingerprint density at radius 2 is 1.88 bits per heavy atom. The molecule has 3 heterocycles. The van der Waals surface area contributed by atoms with E-state index in [1.807, 2.05) is 41.8 Å². The van der Waals surface area contributed by atoms with Crippen LogP contribution in [0.4, 0.5) is 15.6 Å². The predicted molar refractivity (Wildman–Crippen MR) is 97.6 cm³/mol. The molecule has 0 aliphatic carbocycles. The van der Waals surface area contributed by atoms with Gasteiger partial charge in [-0.2, -0.15) is 0 Å². The monoisotopic (exact) mass is 353 g/mol. The van der Waals surface area contributed by atoms with Gasteiger partial charge in [0, 0.05) is 28.3 Å². The van der Waals surface area contributed by atoms with Gasteiger partial charge in [0.1, 0.15) is 5.01 Å². The van der Waals surface area contributed by atoms with Crippen LogP contribution >= 0.6 is 22.7 Å². The second kappa shape index (κ2) is 6.34. The molecule has 24 heavy (non-hydrogen) atoms. The van der Waals surface area contributed by atoms with Gasteiger partial charge in [-0.15, -0.1) is 21.5 Å². The molecule has 0 aliphatic rings. The quantitative estimate of drug-likeness (QED) is 0.570. The number of hydrogen-bond donors (Lipinski definition) is 2. The third-order valence-electron chi connectivity index (χ3n) is 3.28. The van der Waals surface area contributed by atoms with E-state index in [1.165, 1.54) is 16.0 Å². The fourth-order valence-electron chi connectivity index (χ4n) is 2.19. The number of nitrogens with one attached hydrogen (secondary N) is 2. The molecule has 0 bridgehead atoms. The first-order chi connectivity index (χ1) is 11.8. The number of rotatable bonds is 3. The minimum Gasteiger partial charge on any atom is -0.308 e. The molecule has 0 radical (unpaired) electrons. The fourth-order valence-corrected chi connectivity index (χ4v) is 3.70. The lowest BCUT2D eigenvalue weighted by Crippen LogP contribution is -2.19. The number of pyridine rings is 1. The zero-order chi connectivity index (χ0) is 16.4. The molecule has 0 unspecified atom stereocenters. The van der Waals surface area contributed by atoms with Gasteiger partial charge in [0.2, 0.25) is 5.13 Å². The van der Waals surface area contributed by atoms with Gasteiger partial charge in [-0.3, -0.25) is 10.3 Å². The molecule has 0 saturated carbocycles. The zero-order valence-corrected chi connectivity index (χ0v) is 13.9. The van der Waals surface area contributed by atoms with Crippen LogP contribution in [0.15, 0.2) is 54.2 Å². The van der Waals surface area contributed by atoms with Crippen molar-refractivity contribution >= 4 is 49.6 Å². The van der Waals surface area contributed by atoms with Crippen LogP contribution < -0.4 is 10.6 Å². The number of amides is 2. The highest BCUT2D eigenvalue weighted by atomic mass is 32.1. The van der Waals surface area contributed by atoms with E-state index in [4.69, 9.17) is 0 Å². The van der Waals surface area contributed by atoms with Crippen molar-refractivity contribution in [3.05, 3.63) is 54.2 Å². The number of benzene rings is 1. The number of nitrogens with zero attached hydrogens (tertiary/aromatic N) is 3. The fraction of sp³-hybridized carbons (Fsp3) is 0. The highest BCUT2D eigenvalue weighted by Gasteiger charge is 2.10. The van der Waals surface area contributed by atoms with Gasteiger partial charge in [-0.25, -0.2) is 4.79 Å². The normalized spacial score (nSPS) is 10.7. The van der Waals surface area contributed by atoms with Gasteiger partial charge in [0.25, 0.3) is 0 Å². The standard InChI is InChI=1S/C16H11N5OS2/c22-15(18-12-1-2-13-11(9-12)5-8-23-13)19-16-21-20-14(24-16)10-3-6-17-7-4-10/h1-9H,(H2,18,19,21,22). The summed E-state index contributed by atoms with van der Waals surface area (Å²) in [5.41, 5.74) is 1.65. The van der Waals surface area contributed by atoms with Crippen LogP contribution in [0.3, 0.4) is 0 Å². The Labute approximate surface area is 145 Å². The summed E-state index contributed by atoms with van der Waals surface area (Å²) in [4.78, 5) is 16.1. The Kier molecular flexibility index (Phi) is 3.89. The number of hydrogen-bond acceptors (Lipinski definition) is 6. The number of carbonyl (C=O) groups excluding carboxylic acids is 1. The highest BCUT2D eigenvalue weighted by molar-refractivity contribution is 7.18. The first-order valence-electron chi connectivity index (χ1n) is 7.07. The van der Waals surface area contributed by atoms with Crippen LogP contribution in [-0.4, -0.2) is 21.2 Å². The molecule has 4 rings (SSSR count). The average molecular weight is 353 g/mol. The second-order valence-corrected chi connectivity index (χ2v) is 6.83. The molecule has 0 saturated heterocycles. The summed E-state index contributed by atoms with van der Waals surface area (Å²) in [7, 11) is 0. The first-order valence-corrected chi connectivity index (χ1v) is 8.77. The SMILES string of the molecule is O=C(Nc1ccc2sccc2c1)Nc1nnc(-c2ccncc2)s1. The smallest absolute Gasteiger partial charge is 0.308 e. The summed E-state index contributed by atoms with van der Waals surface area (Å²) >= 11 is 2.98. The van der Waals surface area contributed by atoms with E-state index in [-0.39, 0.29) is 6.03 Å². The van der Waals surface area contributed by atoms with Crippen LogP contribution in [0.5, 0.6) is 0 Å². The molecule has 6 nitrogen and oxygen atoms in total. The molecular formula is C16H11N5OS2. The molecule has 3 aromatic heterocycles. The topological polar surface area (TPSA) is 79.8 Å². The van der Waals surface area contributed by atoms with Crippen LogP contribution in [0, 0.1) is 0 Å². The van der Waals surface area contributed by atoms with E-state index < -0.39 is 0 Å². The minimum atomic E-state index is -0.345. The summed E-state index contributed by atoms with van der Waals surface area (Å²) in [5, 5.41) is 17.9. The van der Waals surface area contributed by atoms with Crippen molar-refractivity contribution in [3.63, 3.8) is 0 Å². The third-order valence-corrected chi connectivity index (χ3v) is 5.07. The highest BCUT2D eigenvalue weighted by Crippen LogP contribution is 2.26. The summed E-state index contributed by atoms with van der Waals surface area (Å²) in [5.74, 6) is 0. The summed E-state index contributed by atoms with van der Waals surface area (Å²) in [6, 6.07) is 11.2.